The van der Waals surface area contributed by atoms with Gasteiger partial charge in [0.25, 0.3) is 10.0 Å². The van der Waals surface area contributed by atoms with Gasteiger partial charge < -0.3 is 5.73 Å². The second kappa shape index (κ2) is 4.85. The highest BCUT2D eigenvalue weighted by Crippen LogP contribution is 2.32. The fourth-order valence-electron chi connectivity index (χ4n) is 1.88. The Morgan fingerprint density at radius 3 is 2.82 bits per heavy atom. The van der Waals surface area contributed by atoms with Gasteiger partial charge in [-0.05, 0) is 31.4 Å². The summed E-state index contributed by atoms with van der Waals surface area (Å²) in [7, 11) is -3.41. The van der Waals surface area contributed by atoms with E-state index in [-0.39, 0.29) is 6.04 Å². The molecule has 2 heterocycles. The molecule has 7 heteroatoms. The molecule has 1 aliphatic heterocycles. The van der Waals surface area contributed by atoms with Gasteiger partial charge in [-0.1, -0.05) is 11.6 Å². The van der Waals surface area contributed by atoms with Gasteiger partial charge in [-0.15, -0.1) is 11.3 Å². The van der Waals surface area contributed by atoms with E-state index in [1.54, 1.807) is 13.0 Å². The molecule has 2 rings (SSSR count). The Labute approximate surface area is 110 Å². The maximum absolute atomic E-state index is 12.3. The van der Waals surface area contributed by atoms with Crippen LogP contribution in [0.15, 0.2) is 10.3 Å². The van der Waals surface area contributed by atoms with Crippen molar-refractivity contribution in [2.24, 2.45) is 5.73 Å². The van der Waals surface area contributed by atoms with E-state index in [4.69, 9.17) is 17.3 Å². The molecule has 1 atom stereocenters. The van der Waals surface area contributed by atoms with Gasteiger partial charge >= 0.3 is 0 Å². The van der Waals surface area contributed by atoms with Crippen molar-refractivity contribution in [1.29, 1.82) is 0 Å². The van der Waals surface area contributed by atoms with Crippen LogP contribution in [-0.4, -0.2) is 31.9 Å². The molecule has 0 radical (unpaired) electrons. The number of piperidine rings is 1. The van der Waals surface area contributed by atoms with E-state index in [0.29, 0.717) is 21.6 Å². The van der Waals surface area contributed by atoms with Crippen LogP contribution in [0.2, 0.25) is 4.34 Å². The number of nitrogens with two attached hydrogens (primary N) is 1. The van der Waals surface area contributed by atoms with E-state index in [0.717, 1.165) is 29.7 Å². The van der Waals surface area contributed by atoms with Crippen molar-refractivity contribution in [3.63, 3.8) is 0 Å². The summed E-state index contributed by atoms with van der Waals surface area (Å²) in [6.07, 6.45) is 1.70. The lowest BCUT2D eigenvalue weighted by Gasteiger charge is -2.29. The second-order valence-electron chi connectivity index (χ2n) is 4.29. The highest BCUT2D eigenvalue weighted by Gasteiger charge is 2.30. The monoisotopic (exact) mass is 294 g/mol. The van der Waals surface area contributed by atoms with Gasteiger partial charge in [0, 0.05) is 19.1 Å². The molecule has 0 saturated carbocycles. The summed E-state index contributed by atoms with van der Waals surface area (Å²) >= 11 is 7.03. The molecule has 2 N–H and O–H groups in total. The summed E-state index contributed by atoms with van der Waals surface area (Å²) in [5.74, 6) is 0. The Hall–Kier alpha value is -0.140. The Morgan fingerprint density at radius 1 is 1.59 bits per heavy atom. The highest BCUT2D eigenvalue weighted by atomic mass is 35.5. The molecule has 0 aromatic carbocycles. The third-order valence-corrected chi connectivity index (χ3v) is 6.72. The molecule has 4 nitrogen and oxygen atoms in total. The fourth-order valence-corrected chi connectivity index (χ4v) is 5.28. The number of halogens is 1. The van der Waals surface area contributed by atoms with Gasteiger partial charge in [0.2, 0.25) is 0 Å². The number of rotatable bonds is 2. The van der Waals surface area contributed by atoms with Crippen molar-refractivity contribution >= 4 is 33.0 Å². The molecule has 1 aromatic rings. The molecule has 17 heavy (non-hydrogen) atoms. The van der Waals surface area contributed by atoms with Gasteiger partial charge in [-0.25, -0.2) is 8.42 Å². The summed E-state index contributed by atoms with van der Waals surface area (Å²) in [5, 5.41) is 0. The molecule has 96 valence electrons. The zero-order chi connectivity index (χ0) is 12.6. The van der Waals surface area contributed by atoms with Crippen molar-refractivity contribution in [3.05, 3.63) is 16.0 Å². The van der Waals surface area contributed by atoms with Crippen LogP contribution in [0.4, 0.5) is 0 Å². The fraction of sp³-hybridized carbons (Fsp3) is 0.600. The first-order valence-corrected chi connectivity index (χ1v) is 8.06. The molecule has 1 fully saturated rings. The number of aryl methyl sites for hydroxylation is 1. The molecular formula is C10H15ClN2O2S2. The summed E-state index contributed by atoms with van der Waals surface area (Å²) in [6, 6.07) is 1.57. The average molecular weight is 295 g/mol. The predicted molar refractivity (Wildman–Crippen MR) is 70.0 cm³/mol. The Balaban J connectivity index is 2.29. The number of nitrogens with zero attached hydrogens (tertiary/aromatic N) is 1. The Bertz CT molecular complexity index is 493. The zero-order valence-corrected chi connectivity index (χ0v) is 11.9. The van der Waals surface area contributed by atoms with Gasteiger partial charge in [-0.2, -0.15) is 4.31 Å². The van der Waals surface area contributed by atoms with E-state index in [1.807, 2.05) is 0 Å². The molecule has 0 spiro atoms. The molecule has 0 amide bonds. The van der Waals surface area contributed by atoms with Crippen LogP contribution >= 0.6 is 22.9 Å². The van der Waals surface area contributed by atoms with E-state index >= 15 is 0 Å². The SMILES string of the molecule is Cc1cc(S(=O)(=O)N2CCC[C@@H](N)C2)sc1Cl. The predicted octanol–water partition coefficient (Wildman–Crippen LogP) is 1.82. The van der Waals surface area contributed by atoms with Crippen LogP contribution in [0.3, 0.4) is 0 Å². The average Bonchev–Trinajstić information content (AvgIpc) is 2.60. The molecule has 0 aliphatic carbocycles. The zero-order valence-electron chi connectivity index (χ0n) is 9.52. The first kappa shape index (κ1) is 13.3. The van der Waals surface area contributed by atoms with Crippen LogP contribution in [0.1, 0.15) is 18.4 Å². The maximum Gasteiger partial charge on any atom is 0.252 e. The topological polar surface area (TPSA) is 63.4 Å². The van der Waals surface area contributed by atoms with Crippen LogP contribution in [-0.2, 0) is 10.0 Å². The highest BCUT2D eigenvalue weighted by molar-refractivity contribution is 7.91. The van der Waals surface area contributed by atoms with E-state index in [9.17, 15) is 8.42 Å². The normalized spacial score (nSPS) is 22.9. The summed E-state index contributed by atoms with van der Waals surface area (Å²) in [5.41, 5.74) is 6.61. The standard InChI is InChI=1S/C10H15ClN2O2S2/c1-7-5-9(16-10(7)11)17(14,15)13-4-2-3-8(12)6-13/h5,8H,2-4,6,12H2,1H3/t8-/m1/s1. The lowest BCUT2D eigenvalue weighted by atomic mass is 10.1. The maximum atomic E-state index is 12.3. The summed E-state index contributed by atoms with van der Waals surface area (Å²) in [4.78, 5) is 0. The minimum Gasteiger partial charge on any atom is -0.327 e. The van der Waals surface area contributed by atoms with Gasteiger partial charge in [-0.3, -0.25) is 0 Å². The van der Waals surface area contributed by atoms with Gasteiger partial charge in [0.1, 0.15) is 4.21 Å². The third-order valence-electron chi connectivity index (χ3n) is 2.85. The molecule has 0 unspecified atom stereocenters. The van der Waals surface area contributed by atoms with Crippen molar-refractivity contribution in [2.45, 2.75) is 30.0 Å². The minimum atomic E-state index is -3.41. The quantitative estimate of drug-likeness (QED) is 0.905. The van der Waals surface area contributed by atoms with Crippen molar-refractivity contribution < 1.29 is 8.42 Å². The van der Waals surface area contributed by atoms with Crippen LogP contribution in [0.25, 0.3) is 0 Å². The Kier molecular flexibility index (Phi) is 3.80. The lowest BCUT2D eigenvalue weighted by Crippen LogP contribution is -2.45. The molecule has 1 aliphatic rings. The first-order chi connectivity index (χ1) is 7.91. The second-order valence-corrected chi connectivity index (χ2v) is 8.11. The van der Waals surface area contributed by atoms with Crippen LogP contribution < -0.4 is 5.73 Å². The number of thiophene rings is 1. The molecule has 1 saturated heterocycles. The van der Waals surface area contributed by atoms with E-state index in [1.165, 1.54) is 4.31 Å². The van der Waals surface area contributed by atoms with Gasteiger partial charge in [0.05, 0.1) is 4.34 Å². The molecular weight excluding hydrogens is 280 g/mol. The van der Waals surface area contributed by atoms with E-state index < -0.39 is 10.0 Å². The molecule has 1 aromatic heterocycles. The number of sulfonamides is 1. The van der Waals surface area contributed by atoms with Crippen LogP contribution in [0.5, 0.6) is 0 Å². The smallest absolute Gasteiger partial charge is 0.252 e. The number of hydrogen-bond donors (Lipinski definition) is 1. The summed E-state index contributed by atoms with van der Waals surface area (Å²) < 4.78 is 26.9. The largest absolute Gasteiger partial charge is 0.327 e. The lowest BCUT2D eigenvalue weighted by molar-refractivity contribution is 0.316. The van der Waals surface area contributed by atoms with Crippen molar-refractivity contribution in [3.8, 4) is 0 Å². The minimum absolute atomic E-state index is 0.0601. The van der Waals surface area contributed by atoms with E-state index in [2.05, 4.69) is 0 Å². The molecule has 0 bridgehead atoms. The first-order valence-electron chi connectivity index (χ1n) is 5.43. The van der Waals surface area contributed by atoms with Crippen molar-refractivity contribution in [2.75, 3.05) is 13.1 Å². The van der Waals surface area contributed by atoms with Crippen LogP contribution in [0, 0.1) is 6.92 Å². The third kappa shape index (κ3) is 2.66. The Morgan fingerprint density at radius 2 is 2.29 bits per heavy atom. The number of hydrogen-bond acceptors (Lipinski definition) is 4. The van der Waals surface area contributed by atoms with Gasteiger partial charge in [0.15, 0.2) is 0 Å². The summed E-state index contributed by atoms with van der Waals surface area (Å²) in [6.45, 7) is 2.75. The van der Waals surface area contributed by atoms with Crippen molar-refractivity contribution in [1.82, 2.24) is 4.31 Å².